The largest absolute Gasteiger partial charge is 0.496 e. The third kappa shape index (κ3) is 4.54. The minimum atomic E-state index is -0.441. The molecule has 0 aliphatic rings. The Kier molecular flexibility index (Phi) is 6.89. The number of thiazole rings is 1. The lowest BCUT2D eigenvalue weighted by Crippen LogP contribution is -2.25. The first-order valence-corrected chi connectivity index (χ1v) is 10.1. The standard InChI is InChI=1S/C22H23FN2O4S/c1-13-20(30-22(25-13)19-15(23)6-5-7-17(19)28-3)21(26)24-11-10-14-8-9-16(27-2)18(12-14)29-4/h5-9,12H,10-11H2,1-4H3,(H,24,26). The predicted octanol–water partition coefficient (Wildman–Crippen LogP) is 4.26. The van der Waals surface area contributed by atoms with Crippen molar-refractivity contribution in [3.05, 3.63) is 58.3 Å². The molecule has 0 saturated heterocycles. The summed E-state index contributed by atoms with van der Waals surface area (Å²) in [5.41, 5.74) is 1.81. The Labute approximate surface area is 178 Å². The molecule has 0 atom stereocenters. The number of hydrogen-bond acceptors (Lipinski definition) is 6. The van der Waals surface area contributed by atoms with E-state index in [-0.39, 0.29) is 11.5 Å². The number of benzene rings is 2. The maximum absolute atomic E-state index is 14.3. The number of ether oxygens (including phenoxy) is 3. The highest BCUT2D eigenvalue weighted by atomic mass is 32.1. The van der Waals surface area contributed by atoms with E-state index in [0.717, 1.165) is 16.9 Å². The topological polar surface area (TPSA) is 69.7 Å². The van der Waals surface area contributed by atoms with Crippen molar-refractivity contribution >= 4 is 17.2 Å². The van der Waals surface area contributed by atoms with E-state index in [4.69, 9.17) is 14.2 Å². The molecule has 8 heteroatoms. The van der Waals surface area contributed by atoms with E-state index in [2.05, 4.69) is 10.3 Å². The van der Waals surface area contributed by atoms with Crippen molar-refractivity contribution in [3.8, 4) is 27.8 Å². The minimum Gasteiger partial charge on any atom is -0.496 e. The number of methoxy groups -OCH3 is 3. The van der Waals surface area contributed by atoms with E-state index < -0.39 is 5.82 Å². The van der Waals surface area contributed by atoms with E-state index >= 15 is 0 Å². The van der Waals surface area contributed by atoms with Crippen molar-refractivity contribution in [3.63, 3.8) is 0 Å². The van der Waals surface area contributed by atoms with Gasteiger partial charge >= 0.3 is 0 Å². The second-order valence-corrected chi connectivity index (χ2v) is 7.44. The molecule has 2 aromatic carbocycles. The third-order valence-electron chi connectivity index (χ3n) is 4.56. The number of carbonyl (C=O) groups excluding carboxylic acids is 1. The second kappa shape index (κ2) is 9.58. The normalized spacial score (nSPS) is 10.6. The first-order chi connectivity index (χ1) is 14.5. The molecule has 0 radical (unpaired) electrons. The van der Waals surface area contributed by atoms with Crippen LogP contribution in [-0.4, -0.2) is 38.8 Å². The SMILES string of the molecule is COc1ccc(CCNC(=O)c2sc(-c3c(F)cccc3OC)nc2C)cc1OC. The van der Waals surface area contributed by atoms with E-state index in [0.29, 0.717) is 45.8 Å². The van der Waals surface area contributed by atoms with Gasteiger partial charge in [0.15, 0.2) is 11.5 Å². The van der Waals surface area contributed by atoms with Crippen LogP contribution in [0.4, 0.5) is 4.39 Å². The summed E-state index contributed by atoms with van der Waals surface area (Å²) in [5.74, 6) is 0.990. The van der Waals surface area contributed by atoms with Gasteiger partial charge < -0.3 is 19.5 Å². The van der Waals surface area contributed by atoms with E-state index in [1.807, 2.05) is 18.2 Å². The van der Waals surface area contributed by atoms with Gasteiger partial charge in [-0.1, -0.05) is 12.1 Å². The molecule has 0 unspecified atom stereocenters. The maximum Gasteiger partial charge on any atom is 0.263 e. The van der Waals surface area contributed by atoms with Gasteiger partial charge in [0.05, 0.1) is 32.6 Å². The number of nitrogens with zero attached hydrogens (tertiary/aromatic N) is 1. The van der Waals surface area contributed by atoms with Crippen LogP contribution in [0.1, 0.15) is 20.9 Å². The van der Waals surface area contributed by atoms with Crippen molar-refractivity contribution in [2.45, 2.75) is 13.3 Å². The average molecular weight is 431 g/mol. The lowest BCUT2D eigenvalue weighted by Gasteiger charge is -2.10. The fourth-order valence-electron chi connectivity index (χ4n) is 3.03. The molecule has 1 amide bonds. The number of carbonyl (C=O) groups is 1. The smallest absolute Gasteiger partial charge is 0.263 e. The molecule has 0 aliphatic carbocycles. The van der Waals surface area contributed by atoms with Crippen molar-refractivity contribution in [2.24, 2.45) is 0 Å². The summed E-state index contributed by atoms with van der Waals surface area (Å²) >= 11 is 1.14. The van der Waals surface area contributed by atoms with E-state index in [1.165, 1.54) is 13.2 Å². The lowest BCUT2D eigenvalue weighted by molar-refractivity contribution is 0.0957. The fourth-order valence-corrected chi connectivity index (χ4v) is 4.07. The highest BCUT2D eigenvalue weighted by molar-refractivity contribution is 7.17. The molecule has 0 spiro atoms. The zero-order chi connectivity index (χ0) is 21.7. The summed E-state index contributed by atoms with van der Waals surface area (Å²) in [5, 5.41) is 3.31. The molecule has 158 valence electrons. The quantitative estimate of drug-likeness (QED) is 0.578. The molecule has 6 nitrogen and oxygen atoms in total. The Morgan fingerprint density at radius 2 is 1.80 bits per heavy atom. The first kappa shape index (κ1) is 21.6. The highest BCUT2D eigenvalue weighted by Gasteiger charge is 2.20. The van der Waals surface area contributed by atoms with Crippen molar-refractivity contribution < 1.29 is 23.4 Å². The number of aryl methyl sites for hydroxylation is 1. The molecular weight excluding hydrogens is 407 g/mol. The van der Waals surface area contributed by atoms with Crippen LogP contribution in [-0.2, 0) is 6.42 Å². The number of aromatic nitrogens is 1. The monoisotopic (exact) mass is 430 g/mol. The third-order valence-corrected chi connectivity index (χ3v) is 5.73. The van der Waals surface area contributed by atoms with E-state index in [1.54, 1.807) is 33.3 Å². The Morgan fingerprint density at radius 3 is 2.50 bits per heavy atom. The first-order valence-electron chi connectivity index (χ1n) is 9.27. The van der Waals surface area contributed by atoms with Crippen LogP contribution in [0.2, 0.25) is 0 Å². The molecule has 1 heterocycles. The van der Waals surface area contributed by atoms with Gasteiger partial charge in [-0.2, -0.15) is 0 Å². The molecule has 1 aromatic heterocycles. The molecule has 0 fully saturated rings. The summed E-state index contributed by atoms with van der Waals surface area (Å²) in [4.78, 5) is 17.5. The molecule has 0 bridgehead atoms. The molecule has 3 rings (SSSR count). The summed E-state index contributed by atoms with van der Waals surface area (Å²) < 4.78 is 30.1. The van der Waals surface area contributed by atoms with Gasteiger partial charge in [-0.3, -0.25) is 4.79 Å². The van der Waals surface area contributed by atoms with Crippen LogP contribution >= 0.6 is 11.3 Å². The van der Waals surface area contributed by atoms with Crippen molar-refractivity contribution in [1.29, 1.82) is 0 Å². The van der Waals surface area contributed by atoms with Gasteiger partial charge in [-0.15, -0.1) is 11.3 Å². The van der Waals surface area contributed by atoms with Crippen LogP contribution in [0, 0.1) is 12.7 Å². The number of hydrogen-bond donors (Lipinski definition) is 1. The summed E-state index contributed by atoms with van der Waals surface area (Å²) in [6.07, 6.45) is 0.623. The van der Waals surface area contributed by atoms with Crippen LogP contribution in [0.25, 0.3) is 10.6 Å². The molecule has 1 N–H and O–H groups in total. The summed E-state index contributed by atoms with van der Waals surface area (Å²) in [6.45, 7) is 2.17. The van der Waals surface area contributed by atoms with Crippen molar-refractivity contribution in [2.75, 3.05) is 27.9 Å². The van der Waals surface area contributed by atoms with Crippen LogP contribution in [0.3, 0.4) is 0 Å². The predicted molar refractivity (Wildman–Crippen MR) is 114 cm³/mol. The molecule has 0 aliphatic heterocycles. The summed E-state index contributed by atoms with van der Waals surface area (Å²) in [6, 6.07) is 10.2. The Hall–Kier alpha value is -3.13. The Morgan fingerprint density at radius 1 is 1.07 bits per heavy atom. The zero-order valence-electron chi connectivity index (χ0n) is 17.2. The highest BCUT2D eigenvalue weighted by Crippen LogP contribution is 2.36. The molecule has 3 aromatic rings. The Balaban J connectivity index is 1.70. The number of nitrogens with one attached hydrogen (secondary N) is 1. The maximum atomic E-state index is 14.3. The Bertz CT molecular complexity index is 1050. The van der Waals surface area contributed by atoms with E-state index in [9.17, 15) is 9.18 Å². The van der Waals surface area contributed by atoms with Gasteiger partial charge in [0.2, 0.25) is 0 Å². The number of amides is 1. The molecular formula is C22H23FN2O4S. The van der Waals surface area contributed by atoms with Crippen molar-refractivity contribution in [1.82, 2.24) is 10.3 Å². The van der Waals surface area contributed by atoms with Crippen LogP contribution < -0.4 is 19.5 Å². The van der Waals surface area contributed by atoms with Crippen LogP contribution in [0.5, 0.6) is 17.2 Å². The fraction of sp³-hybridized carbons (Fsp3) is 0.273. The number of halogens is 1. The van der Waals surface area contributed by atoms with Gasteiger partial charge in [0.1, 0.15) is 21.5 Å². The number of rotatable bonds is 8. The van der Waals surface area contributed by atoms with Gasteiger partial charge in [-0.25, -0.2) is 9.37 Å². The second-order valence-electron chi connectivity index (χ2n) is 6.45. The average Bonchev–Trinajstić information content (AvgIpc) is 3.14. The van der Waals surface area contributed by atoms with Crippen LogP contribution in [0.15, 0.2) is 36.4 Å². The zero-order valence-corrected chi connectivity index (χ0v) is 18.1. The molecule has 0 saturated carbocycles. The lowest BCUT2D eigenvalue weighted by atomic mass is 10.1. The summed E-state index contributed by atoms with van der Waals surface area (Å²) in [7, 11) is 4.64. The minimum absolute atomic E-state index is 0.243. The molecule has 30 heavy (non-hydrogen) atoms. The van der Waals surface area contributed by atoms with Gasteiger partial charge in [0.25, 0.3) is 5.91 Å². The van der Waals surface area contributed by atoms with Gasteiger partial charge in [0, 0.05) is 6.54 Å². The van der Waals surface area contributed by atoms with Gasteiger partial charge in [-0.05, 0) is 43.2 Å².